The fourth-order valence-electron chi connectivity index (χ4n) is 2.37. The van der Waals surface area contributed by atoms with E-state index in [-0.39, 0.29) is 23.7 Å². The SMILES string of the molecule is Cc1ccc(NC(=O)c2ccc(COc3ccccc3Br)o2)c([N+](=O)[O-])c1. The number of amides is 1. The molecule has 0 saturated heterocycles. The first-order valence-corrected chi connectivity index (χ1v) is 8.76. The lowest BCUT2D eigenvalue weighted by Gasteiger charge is -2.06. The number of benzene rings is 2. The molecule has 1 amide bonds. The maximum atomic E-state index is 12.3. The third kappa shape index (κ3) is 4.53. The highest BCUT2D eigenvalue weighted by Crippen LogP contribution is 2.27. The summed E-state index contributed by atoms with van der Waals surface area (Å²) in [6, 6.07) is 15.1. The third-order valence-electron chi connectivity index (χ3n) is 3.69. The number of nitrogens with zero attached hydrogens (tertiary/aromatic N) is 1. The minimum absolute atomic E-state index is 0.0376. The molecule has 8 heteroatoms. The lowest BCUT2D eigenvalue weighted by atomic mass is 10.2. The molecule has 0 unspecified atom stereocenters. The van der Waals surface area contributed by atoms with Crippen molar-refractivity contribution in [2.24, 2.45) is 0 Å². The summed E-state index contributed by atoms with van der Waals surface area (Å²) in [5.41, 5.74) is 0.662. The van der Waals surface area contributed by atoms with Crippen LogP contribution in [-0.4, -0.2) is 10.8 Å². The molecule has 0 fully saturated rings. The molecule has 1 N–H and O–H groups in total. The average Bonchev–Trinajstić information content (AvgIpc) is 3.11. The topological polar surface area (TPSA) is 94.6 Å². The molecule has 0 spiro atoms. The van der Waals surface area contributed by atoms with Gasteiger partial charge in [0, 0.05) is 6.07 Å². The van der Waals surface area contributed by atoms with Crippen LogP contribution in [-0.2, 0) is 6.61 Å². The zero-order valence-electron chi connectivity index (χ0n) is 14.3. The second kappa shape index (κ2) is 8.05. The Morgan fingerprint density at radius 3 is 2.74 bits per heavy atom. The van der Waals surface area contributed by atoms with Crippen LogP contribution in [0.1, 0.15) is 21.9 Å². The molecular weight excluding hydrogens is 416 g/mol. The van der Waals surface area contributed by atoms with E-state index >= 15 is 0 Å². The van der Waals surface area contributed by atoms with Crippen LogP contribution in [0.15, 0.2) is 63.5 Å². The zero-order valence-corrected chi connectivity index (χ0v) is 15.9. The van der Waals surface area contributed by atoms with Gasteiger partial charge in [-0.3, -0.25) is 14.9 Å². The normalized spacial score (nSPS) is 10.4. The number of carbonyl (C=O) groups is 1. The van der Waals surface area contributed by atoms with Crippen molar-refractivity contribution in [3.05, 3.63) is 86.3 Å². The molecule has 0 bridgehead atoms. The maximum Gasteiger partial charge on any atom is 0.293 e. The van der Waals surface area contributed by atoms with Crippen LogP contribution in [0.4, 0.5) is 11.4 Å². The number of aryl methyl sites for hydroxylation is 1. The molecule has 1 heterocycles. The van der Waals surface area contributed by atoms with Crippen molar-refractivity contribution in [2.45, 2.75) is 13.5 Å². The Labute approximate surface area is 163 Å². The monoisotopic (exact) mass is 430 g/mol. The van der Waals surface area contributed by atoms with Gasteiger partial charge < -0.3 is 14.5 Å². The van der Waals surface area contributed by atoms with E-state index < -0.39 is 10.8 Å². The number of para-hydroxylation sites is 1. The first-order valence-electron chi connectivity index (χ1n) is 7.96. The summed E-state index contributed by atoms with van der Waals surface area (Å²) in [4.78, 5) is 23.0. The molecule has 3 aromatic rings. The van der Waals surface area contributed by atoms with Gasteiger partial charge >= 0.3 is 0 Å². The summed E-state index contributed by atoms with van der Waals surface area (Å²) < 4.78 is 11.9. The van der Waals surface area contributed by atoms with Crippen LogP contribution >= 0.6 is 15.9 Å². The van der Waals surface area contributed by atoms with Gasteiger partial charge in [0.05, 0.1) is 9.40 Å². The Morgan fingerprint density at radius 2 is 2.00 bits per heavy atom. The second-order valence-corrected chi connectivity index (χ2v) is 6.57. The minimum Gasteiger partial charge on any atom is -0.484 e. The van der Waals surface area contributed by atoms with Crippen LogP contribution in [0.25, 0.3) is 0 Å². The first kappa shape index (κ1) is 18.7. The van der Waals surface area contributed by atoms with Gasteiger partial charge in [0.2, 0.25) is 0 Å². The Bertz CT molecular complexity index is 999. The van der Waals surface area contributed by atoms with Gasteiger partial charge in [0.25, 0.3) is 11.6 Å². The van der Waals surface area contributed by atoms with E-state index in [1.54, 1.807) is 25.1 Å². The number of nitro benzene ring substituents is 1. The number of nitrogens with one attached hydrogen (secondary N) is 1. The Kier molecular flexibility index (Phi) is 5.56. The third-order valence-corrected chi connectivity index (χ3v) is 4.35. The second-order valence-electron chi connectivity index (χ2n) is 5.72. The quantitative estimate of drug-likeness (QED) is 0.433. The average molecular weight is 431 g/mol. The van der Waals surface area contributed by atoms with Crippen molar-refractivity contribution in [3.8, 4) is 5.75 Å². The van der Waals surface area contributed by atoms with E-state index in [0.717, 1.165) is 10.0 Å². The standard InChI is InChI=1S/C19H15BrN2O5/c1-12-6-8-15(16(10-12)22(24)25)21-19(23)18-9-7-13(27-18)11-26-17-5-3-2-4-14(17)20/h2-10H,11H2,1H3,(H,21,23). The fourth-order valence-corrected chi connectivity index (χ4v) is 2.77. The lowest BCUT2D eigenvalue weighted by molar-refractivity contribution is -0.384. The van der Waals surface area contributed by atoms with Gasteiger partial charge in [-0.2, -0.15) is 0 Å². The molecule has 27 heavy (non-hydrogen) atoms. The number of ether oxygens (including phenoxy) is 1. The molecule has 0 saturated carbocycles. The van der Waals surface area contributed by atoms with Crippen molar-refractivity contribution in [1.82, 2.24) is 0 Å². The number of carbonyl (C=O) groups excluding carboxylic acids is 1. The smallest absolute Gasteiger partial charge is 0.293 e. The van der Waals surface area contributed by atoms with E-state index in [1.165, 1.54) is 18.2 Å². The molecule has 1 aromatic heterocycles. The van der Waals surface area contributed by atoms with E-state index in [0.29, 0.717) is 11.5 Å². The number of halogens is 1. The number of furan rings is 1. The van der Waals surface area contributed by atoms with Gasteiger partial charge in [0.1, 0.15) is 23.8 Å². The molecule has 7 nitrogen and oxygen atoms in total. The molecular formula is C19H15BrN2O5. The number of hydrogen-bond acceptors (Lipinski definition) is 5. The predicted molar refractivity (Wildman–Crippen MR) is 103 cm³/mol. The highest BCUT2D eigenvalue weighted by Gasteiger charge is 2.19. The van der Waals surface area contributed by atoms with E-state index in [4.69, 9.17) is 9.15 Å². The van der Waals surface area contributed by atoms with Crippen LogP contribution in [0, 0.1) is 17.0 Å². The molecule has 0 aliphatic rings. The Morgan fingerprint density at radius 1 is 1.22 bits per heavy atom. The molecule has 138 valence electrons. The van der Waals surface area contributed by atoms with E-state index in [9.17, 15) is 14.9 Å². The van der Waals surface area contributed by atoms with Crippen LogP contribution in [0.2, 0.25) is 0 Å². The van der Waals surface area contributed by atoms with Gasteiger partial charge in [0.15, 0.2) is 5.76 Å². The van der Waals surface area contributed by atoms with Gasteiger partial charge in [-0.15, -0.1) is 0 Å². The largest absolute Gasteiger partial charge is 0.484 e. The van der Waals surface area contributed by atoms with Crippen molar-refractivity contribution >= 4 is 33.2 Å². The van der Waals surface area contributed by atoms with Gasteiger partial charge in [-0.05, 0) is 58.7 Å². The summed E-state index contributed by atoms with van der Waals surface area (Å²) in [5.74, 6) is 0.564. The summed E-state index contributed by atoms with van der Waals surface area (Å²) in [6.07, 6.45) is 0. The van der Waals surface area contributed by atoms with Crippen LogP contribution < -0.4 is 10.1 Å². The zero-order chi connectivity index (χ0) is 19.4. The summed E-state index contributed by atoms with van der Waals surface area (Å²) in [7, 11) is 0. The van der Waals surface area contributed by atoms with Gasteiger partial charge in [-0.1, -0.05) is 18.2 Å². The molecule has 0 radical (unpaired) electrons. The van der Waals surface area contributed by atoms with E-state index in [2.05, 4.69) is 21.2 Å². The number of nitro groups is 1. The summed E-state index contributed by atoms with van der Waals surface area (Å²) in [6.45, 7) is 1.88. The maximum absolute atomic E-state index is 12.3. The Hall–Kier alpha value is -3.13. The van der Waals surface area contributed by atoms with Crippen LogP contribution in [0.3, 0.4) is 0 Å². The van der Waals surface area contributed by atoms with Gasteiger partial charge in [-0.25, -0.2) is 0 Å². The molecule has 3 rings (SSSR count). The molecule has 2 aromatic carbocycles. The Balaban J connectivity index is 1.69. The van der Waals surface area contributed by atoms with Crippen molar-refractivity contribution in [1.29, 1.82) is 0 Å². The van der Waals surface area contributed by atoms with Crippen molar-refractivity contribution in [2.75, 3.05) is 5.32 Å². The molecule has 0 atom stereocenters. The number of anilines is 1. The minimum atomic E-state index is -0.575. The first-order chi connectivity index (χ1) is 12.9. The van der Waals surface area contributed by atoms with Crippen molar-refractivity contribution in [3.63, 3.8) is 0 Å². The summed E-state index contributed by atoms with van der Waals surface area (Å²) >= 11 is 3.38. The highest BCUT2D eigenvalue weighted by molar-refractivity contribution is 9.10. The van der Waals surface area contributed by atoms with Crippen molar-refractivity contribution < 1.29 is 18.9 Å². The number of rotatable bonds is 6. The molecule has 0 aliphatic heterocycles. The fraction of sp³-hybridized carbons (Fsp3) is 0.105. The summed E-state index contributed by atoms with van der Waals surface area (Å²) in [5, 5.41) is 13.7. The van der Waals surface area contributed by atoms with E-state index in [1.807, 2.05) is 18.2 Å². The number of hydrogen-bond donors (Lipinski definition) is 1. The predicted octanol–water partition coefficient (Wildman–Crippen LogP) is 5.09. The highest BCUT2D eigenvalue weighted by atomic mass is 79.9. The lowest BCUT2D eigenvalue weighted by Crippen LogP contribution is -2.12. The molecule has 0 aliphatic carbocycles. The van der Waals surface area contributed by atoms with Crippen LogP contribution in [0.5, 0.6) is 5.75 Å².